The van der Waals surface area contributed by atoms with E-state index in [1.807, 2.05) is 19.0 Å². The maximum Gasteiger partial charge on any atom is 0.154 e. The zero-order valence-corrected chi connectivity index (χ0v) is 7.53. The quantitative estimate of drug-likeness (QED) is 0.375. The van der Waals surface area contributed by atoms with Crippen molar-refractivity contribution < 1.29 is 4.74 Å². The molecule has 0 radical (unpaired) electrons. The third-order valence-corrected chi connectivity index (χ3v) is 1.13. The summed E-state index contributed by atoms with van der Waals surface area (Å²) in [6.45, 7) is 0. The van der Waals surface area contributed by atoms with Crippen LogP contribution in [0.2, 0.25) is 0 Å². The van der Waals surface area contributed by atoms with Gasteiger partial charge in [0.2, 0.25) is 0 Å². The third kappa shape index (κ3) is 3.52. The summed E-state index contributed by atoms with van der Waals surface area (Å²) < 4.78 is 4.87. The molecule has 0 aliphatic carbocycles. The first-order chi connectivity index (χ1) is 5.61. The molecule has 0 aromatic heterocycles. The van der Waals surface area contributed by atoms with Crippen LogP contribution in [0.4, 0.5) is 0 Å². The van der Waals surface area contributed by atoms with Crippen molar-refractivity contribution in [2.75, 3.05) is 21.2 Å². The number of hydrogen-bond donors (Lipinski definition) is 1. The Kier molecular flexibility index (Phi) is 4.39. The first-order valence-corrected chi connectivity index (χ1v) is 3.40. The van der Waals surface area contributed by atoms with E-state index in [9.17, 15) is 0 Å². The molecule has 0 aromatic rings. The summed E-state index contributed by atoms with van der Waals surface area (Å²) in [5, 5.41) is 8.44. The van der Waals surface area contributed by atoms with Crippen molar-refractivity contribution in [2.24, 2.45) is 5.73 Å². The predicted molar refractivity (Wildman–Crippen MR) is 46.7 cm³/mol. The molecule has 0 aliphatic heterocycles. The van der Waals surface area contributed by atoms with Crippen LogP contribution < -0.4 is 5.73 Å². The minimum atomic E-state index is 0.0793. The molecule has 0 saturated heterocycles. The molecular formula is C8H13N3O. The van der Waals surface area contributed by atoms with Gasteiger partial charge in [0.1, 0.15) is 6.07 Å². The molecule has 0 atom stereocenters. The summed E-state index contributed by atoms with van der Waals surface area (Å²) in [6.07, 6.45) is 3.39. The molecule has 0 unspecified atom stereocenters. The summed E-state index contributed by atoms with van der Waals surface area (Å²) in [4.78, 5) is 1.82. The highest BCUT2D eigenvalue weighted by Gasteiger charge is 1.96. The Labute approximate surface area is 72.5 Å². The zero-order chi connectivity index (χ0) is 9.56. The van der Waals surface area contributed by atoms with Crippen LogP contribution in [0.1, 0.15) is 0 Å². The van der Waals surface area contributed by atoms with Gasteiger partial charge in [0, 0.05) is 20.3 Å². The summed E-state index contributed by atoms with van der Waals surface area (Å²) >= 11 is 0. The lowest BCUT2D eigenvalue weighted by Crippen LogP contribution is -2.03. The van der Waals surface area contributed by atoms with Crippen molar-refractivity contribution in [3.05, 3.63) is 23.7 Å². The summed E-state index contributed by atoms with van der Waals surface area (Å²) in [6, 6.07) is 1.80. The minimum absolute atomic E-state index is 0.0793. The van der Waals surface area contributed by atoms with Crippen LogP contribution in [0.3, 0.4) is 0 Å². The SMILES string of the molecule is COC(/C=C/N(C)C)=C(\N)C#N. The Morgan fingerprint density at radius 3 is 2.50 bits per heavy atom. The number of ether oxygens (including phenoxy) is 1. The number of nitrogens with zero attached hydrogens (tertiary/aromatic N) is 2. The number of nitriles is 1. The molecule has 0 spiro atoms. The van der Waals surface area contributed by atoms with Gasteiger partial charge in [0.15, 0.2) is 11.5 Å². The Hall–Kier alpha value is -1.63. The highest BCUT2D eigenvalue weighted by molar-refractivity contribution is 5.27. The summed E-state index contributed by atoms with van der Waals surface area (Å²) in [7, 11) is 5.21. The van der Waals surface area contributed by atoms with E-state index in [1.165, 1.54) is 7.11 Å². The maximum absolute atomic E-state index is 8.44. The average molecular weight is 167 g/mol. The lowest BCUT2D eigenvalue weighted by molar-refractivity contribution is 0.302. The Morgan fingerprint density at radius 1 is 1.58 bits per heavy atom. The molecule has 0 heterocycles. The molecule has 0 aliphatic rings. The van der Waals surface area contributed by atoms with Gasteiger partial charge in [-0.15, -0.1) is 0 Å². The number of methoxy groups -OCH3 is 1. The molecule has 2 N–H and O–H groups in total. The number of allylic oxidation sites excluding steroid dienone is 2. The van der Waals surface area contributed by atoms with E-state index in [-0.39, 0.29) is 5.70 Å². The molecule has 0 bridgehead atoms. The van der Waals surface area contributed by atoms with Crippen LogP contribution in [0.25, 0.3) is 0 Å². The van der Waals surface area contributed by atoms with Crippen molar-refractivity contribution in [3.63, 3.8) is 0 Å². The van der Waals surface area contributed by atoms with Gasteiger partial charge in [-0.05, 0) is 6.08 Å². The van der Waals surface area contributed by atoms with Crippen molar-refractivity contribution in [1.29, 1.82) is 5.26 Å². The molecule has 66 valence electrons. The lowest BCUT2D eigenvalue weighted by atomic mass is 10.4. The van der Waals surface area contributed by atoms with E-state index < -0.39 is 0 Å². The van der Waals surface area contributed by atoms with E-state index in [2.05, 4.69) is 0 Å². The zero-order valence-electron chi connectivity index (χ0n) is 7.53. The largest absolute Gasteiger partial charge is 0.494 e. The second-order valence-corrected chi connectivity index (χ2v) is 2.37. The van der Waals surface area contributed by atoms with E-state index in [1.54, 1.807) is 18.3 Å². The van der Waals surface area contributed by atoms with Crippen LogP contribution in [-0.4, -0.2) is 26.1 Å². The van der Waals surface area contributed by atoms with E-state index >= 15 is 0 Å². The second kappa shape index (κ2) is 5.08. The molecule has 0 aromatic carbocycles. The van der Waals surface area contributed by atoms with Crippen LogP contribution in [0, 0.1) is 11.3 Å². The van der Waals surface area contributed by atoms with Gasteiger partial charge in [-0.25, -0.2) is 0 Å². The third-order valence-electron chi connectivity index (χ3n) is 1.13. The molecule has 0 rings (SSSR count). The summed E-state index contributed by atoms with van der Waals surface area (Å²) in [5.41, 5.74) is 5.42. The number of nitrogens with two attached hydrogens (primary N) is 1. The Bertz CT molecular complexity index is 235. The van der Waals surface area contributed by atoms with Crippen molar-refractivity contribution in [1.82, 2.24) is 4.90 Å². The standard InChI is InChI=1S/C8H13N3O/c1-11(2)5-4-8(12-3)7(10)6-9/h4-5H,10H2,1-3H3/b5-4+,8-7-. The molecular weight excluding hydrogens is 154 g/mol. The average Bonchev–Trinajstić information content (AvgIpc) is 2.04. The fourth-order valence-corrected chi connectivity index (χ4v) is 0.540. The normalized spacial score (nSPS) is 12.2. The van der Waals surface area contributed by atoms with Gasteiger partial charge in [-0.3, -0.25) is 0 Å². The van der Waals surface area contributed by atoms with Gasteiger partial charge in [-0.1, -0.05) is 0 Å². The number of rotatable bonds is 3. The maximum atomic E-state index is 8.44. The minimum Gasteiger partial charge on any atom is -0.494 e. The summed E-state index contributed by atoms with van der Waals surface area (Å²) in [5.74, 6) is 0.381. The van der Waals surface area contributed by atoms with Crippen molar-refractivity contribution in [3.8, 4) is 6.07 Å². The Morgan fingerprint density at radius 2 is 2.17 bits per heavy atom. The topological polar surface area (TPSA) is 62.3 Å². The lowest BCUT2D eigenvalue weighted by Gasteiger charge is -2.05. The highest BCUT2D eigenvalue weighted by atomic mass is 16.5. The van der Waals surface area contributed by atoms with E-state index in [0.717, 1.165) is 0 Å². The molecule has 0 fully saturated rings. The van der Waals surface area contributed by atoms with Crippen molar-refractivity contribution >= 4 is 0 Å². The smallest absolute Gasteiger partial charge is 0.154 e. The van der Waals surface area contributed by atoms with E-state index in [0.29, 0.717) is 5.76 Å². The molecule has 0 saturated carbocycles. The molecule has 4 nitrogen and oxygen atoms in total. The van der Waals surface area contributed by atoms with Gasteiger partial charge in [0.25, 0.3) is 0 Å². The molecule has 0 amide bonds. The van der Waals surface area contributed by atoms with Crippen molar-refractivity contribution in [2.45, 2.75) is 0 Å². The van der Waals surface area contributed by atoms with Gasteiger partial charge >= 0.3 is 0 Å². The second-order valence-electron chi connectivity index (χ2n) is 2.37. The van der Waals surface area contributed by atoms with E-state index in [4.69, 9.17) is 15.7 Å². The first-order valence-electron chi connectivity index (χ1n) is 3.40. The van der Waals surface area contributed by atoms with Crippen LogP contribution in [0.15, 0.2) is 23.7 Å². The monoisotopic (exact) mass is 167 g/mol. The molecule has 12 heavy (non-hydrogen) atoms. The first kappa shape index (κ1) is 10.4. The van der Waals surface area contributed by atoms with Gasteiger partial charge < -0.3 is 15.4 Å². The highest BCUT2D eigenvalue weighted by Crippen LogP contribution is 2.01. The number of hydrogen-bond acceptors (Lipinski definition) is 4. The van der Waals surface area contributed by atoms with Gasteiger partial charge in [0.05, 0.1) is 7.11 Å². The van der Waals surface area contributed by atoms with Crippen LogP contribution >= 0.6 is 0 Å². The fourth-order valence-electron chi connectivity index (χ4n) is 0.540. The van der Waals surface area contributed by atoms with Crippen LogP contribution in [0.5, 0.6) is 0 Å². The molecule has 4 heteroatoms. The Balaban J connectivity index is 4.51. The van der Waals surface area contributed by atoms with Crippen LogP contribution in [-0.2, 0) is 4.74 Å². The fraction of sp³-hybridized carbons (Fsp3) is 0.375. The van der Waals surface area contributed by atoms with Gasteiger partial charge in [-0.2, -0.15) is 5.26 Å². The predicted octanol–water partition coefficient (Wildman–Crippen LogP) is 0.402.